The molecule has 0 aromatic carbocycles. The Balaban J connectivity index is 3.74. The second-order valence-electron chi connectivity index (χ2n) is 7.27. The van der Waals surface area contributed by atoms with Crippen LogP contribution in [-0.2, 0) is 23.9 Å². The number of primary amides is 1. The van der Waals surface area contributed by atoms with E-state index in [1.807, 2.05) is 0 Å². The number of carbonyl (C=O) groups excluding carboxylic acids is 3. The minimum atomic E-state index is -0.367. The highest BCUT2D eigenvalue weighted by atomic mass is 16.5. The largest absolute Gasteiger partial charge is 0.469 e. The maximum absolute atomic E-state index is 11.5. The van der Waals surface area contributed by atoms with Crippen molar-refractivity contribution in [2.24, 2.45) is 5.73 Å². The zero-order valence-corrected chi connectivity index (χ0v) is 17.6. The van der Waals surface area contributed by atoms with Gasteiger partial charge in [-0.15, -0.1) is 0 Å². The molecule has 0 aromatic heterocycles. The fourth-order valence-electron chi connectivity index (χ4n) is 3.13. The van der Waals surface area contributed by atoms with Gasteiger partial charge in [0.2, 0.25) is 5.91 Å². The molecule has 1 unspecified atom stereocenters. The van der Waals surface area contributed by atoms with Crippen molar-refractivity contribution in [3.63, 3.8) is 0 Å². The third-order valence-corrected chi connectivity index (χ3v) is 4.78. The number of ether oxygens (including phenoxy) is 2. The van der Waals surface area contributed by atoms with Gasteiger partial charge < -0.3 is 15.2 Å². The molecular formula is C22H39NO5. The Labute approximate surface area is 170 Å². The van der Waals surface area contributed by atoms with Crippen LogP contribution in [0.4, 0.5) is 0 Å². The molecule has 0 bridgehead atoms. The second kappa shape index (κ2) is 18.5. The van der Waals surface area contributed by atoms with Gasteiger partial charge >= 0.3 is 11.9 Å². The first-order valence-corrected chi connectivity index (χ1v) is 10.7. The van der Waals surface area contributed by atoms with E-state index in [0.29, 0.717) is 12.8 Å². The van der Waals surface area contributed by atoms with Gasteiger partial charge in [-0.2, -0.15) is 0 Å². The van der Waals surface area contributed by atoms with Gasteiger partial charge in [-0.05, 0) is 38.5 Å². The van der Waals surface area contributed by atoms with Crippen LogP contribution >= 0.6 is 0 Å². The van der Waals surface area contributed by atoms with Crippen molar-refractivity contribution in [1.82, 2.24) is 0 Å². The first-order chi connectivity index (χ1) is 13.5. The van der Waals surface area contributed by atoms with Gasteiger partial charge in [-0.25, -0.2) is 4.79 Å². The molecule has 162 valence electrons. The van der Waals surface area contributed by atoms with Gasteiger partial charge in [-0.3, -0.25) is 9.59 Å². The lowest BCUT2D eigenvalue weighted by Crippen LogP contribution is -2.17. The molecule has 0 aliphatic rings. The number of nitrogens with two attached hydrogens (primary N) is 1. The summed E-state index contributed by atoms with van der Waals surface area (Å²) in [5, 5.41) is 0. The molecule has 0 fully saturated rings. The number of hydrogen-bond donors (Lipinski definition) is 1. The van der Waals surface area contributed by atoms with Crippen molar-refractivity contribution in [2.75, 3.05) is 7.11 Å². The number of esters is 2. The molecule has 0 saturated heterocycles. The highest BCUT2D eigenvalue weighted by Crippen LogP contribution is 2.17. The molecule has 0 spiro atoms. The zero-order valence-electron chi connectivity index (χ0n) is 17.6. The molecule has 0 saturated carbocycles. The molecule has 6 nitrogen and oxygen atoms in total. The summed E-state index contributed by atoms with van der Waals surface area (Å²) >= 11 is 0. The van der Waals surface area contributed by atoms with Crippen LogP contribution in [0.5, 0.6) is 0 Å². The van der Waals surface area contributed by atoms with Crippen LogP contribution in [0.15, 0.2) is 12.7 Å². The SMILES string of the molecule is C=CC(=O)OC(CCCCCCCCCCC(=O)OC)CCCCCC(N)=O. The van der Waals surface area contributed by atoms with E-state index in [0.717, 1.165) is 64.2 Å². The molecular weight excluding hydrogens is 358 g/mol. The van der Waals surface area contributed by atoms with E-state index in [-0.39, 0.29) is 23.9 Å². The Morgan fingerprint density at radius 2 is 1.29 bits per heavy atom. The standard InChI is InChI=1S/C22H39NO5/c1-3-21(25)28-19(16-12-10-13-17-20(23)24)15-11-8-6-4-5-7-9-14-18-22(26)27-2/h3,19H,1,4-18H2,2H3,(H2,23,24). The Morgan fingerprint density at radius 3 is 1.79 bits per heavy atom. The summed E-state index contributed by atoms with van der Waals surface area (Å²) in [5.41, 5.74) is 5.14. The van der Waals surface area contributed by atoms with E-state index in [9.17, 15) is 14.4 Å². The van der Waals surface area contributed by atoms with Crippen LogP contribution in [0.1, 0.15) is 96.3 Å². The predicted molar refractivity (Wildman–Crippen MR) is 111 cm³/mol. The summed E-state index contributed by atoms with van der Waals surface area (Å²) in [7, 11) is 1.43. The number of unbranched alkanes of at least 4 members (excludes halogenated alkanes) is 9. The third kappa shape index (κ3) is 17.6. The summed E-state index contributed by atoms with van der Waals surface area (Å²) in [6, 6.07) is 0. The minimum Gasteiger partial charge on any atom is -0.469 e. The van der Waals surface area contributed by atoms with Crippen molar-refractivity contribution in [2.45, 2.75) is 102 Å². The summed E-state index contributed by atoms with van der Waals surface area (Å²) in [6.45, 7) is 3.46. The van der Waals surface area contributed by atoms with E-state index in [1.165, 1.54) is 32.4 Å². The topological polar surface area (TPSA) is 95.7 Å². The Hall–Kier alpha value is -1.85. The molecule has 1 atom stereocenters. The molecule has 0 radical (unpaired) electrons. The third-order valence-electron chi connectivity index (χ3n) is 4.78. The fraction of sp³-hybridized carbons (Fsp3) is 0.773. The summed E-state index contributed by atoms with van der Waals surface area (Å²) in [6.07, 6.45) is 15.3. The van der Waals surface area contributed by atoms with Crippen molar-refractivity contribution in [1.29, 1.82) is 0 Å². The lowest BCUT2D eigenvalue weighted by Gasteiger charge is -2.17. The summed E-state index contributed by atoms with van der Waals surface area (Å²) in [5.74, 6) is -0.758. The van der Waals surface area contributed by atoms with E-state index in [4.69, 9.17) is 10.5 Å². The Kier molecular flexibility index (Phi) is 17.3. The maximum atomic E-state index is 11.5. The highest BCUT2D eigenvalue weighted by Gasteiger charge is 2.12. The predicted octanol–water partition coefficient (Wildman–Crippen LogP) is 4.59. The molecule has 28 heavy (non-hydrogen) atoms. The van der Waals surface area contributed by atoms with E-state index < -0.39 is 0 Å². The molecule has 0 rings (SSSR count). The van der Waals surface area contributed by atoms with Crippen LogP contribution in [0.25, 0.3) is 0 Å². The lowest BCUT2D eigenvalue weighted by atomic mass is 10.0. The first-order valence-electron chi connectivity index (χ1n) is 10.7. The normalized spacial score (nSPS) is 11.6. The summed E-state index contributed by atoms with van der Waals surface area (Å²) in [4.78, 5) is 33.2. The number of rotatable bonds is 19. The minimum absolute atomic E-state index is 0.0719. The van der Waals surface area contributed by atoms with Gasteiger partial charge in [0, 0.05) is 18.9 Å². The number of carbonyl (C=O) groups is 3. The van der Waals surface area contributed by atoms with Crippen LogP contribution in [0, 0.1) is 0 Å². The van der Waals surface area contributed by atoms with Crippen molar-refractivity contribution in [3.8, 4) is 0 Å². The van der Waals surface area contributed by atoms with Crippen molar-refractivity contribution < 1.29 is 23.9 Å². The Morgan fingerprint density at radius 1 is 0.821 bits per heavy atom. The van der Waals surface area contributed by atoms with Gasteiger partial charge in [0.1, 0.15) is 6.10 Å². The van der Waals surface area contributed by atoms with Crippen molar-refractivity contribution >= 4 is 17.8 Å². The van der Waals surface area contributed by atoms with Crippen LogP contribution in [-0.4, -0.2) is 31.1 Å². The van der Waals surface area contributed by atoms with Crippen LogP contribution in [0.2, 0.25) is 0 Å². The average molecular weight is 398 g/mol. The molecule has 0 aromatic rings. The smallest absolute Gasteiger partial charge is 0.330 e. The number of amides is 1. The Bertz CT molecular complexity index is 450. The molecule has 2 N–H and O–H groups in total. The van der Waals surface area contributed by atoms with Crippen LogP contribution < -0.4 is 5.73 Å². The van der Waals surface area contributed by atoms with Gasteiger partial charge in [0.05, 0.1) is 7.11 Å². The summed E-state index contributed by atoms with van der Waals surface area (Å²) < 4.78 is 10.1. The molecule has 0 aliphatic carbocycles. The van der Waals surface area contributed by atoms with E-state index in [2.05, 4.69) is 11.3 Å². The number of hydrogen-bond acceptors (Lipinski definition) is 5. The molecule has 0 heterocycles. The average Bonchev–Trinajstić information content (AvgIpc) is 2.67. The zero-order chi connectivity index (χ0) is 21.0. The highest BCUT2D eigenvalue weighted by molar-refractivity contribution is 5.81. The number of methoxy groups -OCH3 is 1. The second-order valence-corrected chi connectivity index (χ2v) is 7.27. The first kappa shape index (κ1) is 26.1. The maximum Gasteiger partial charge on any atom is 0.330 e. The van der Waals surface area contributed by atoms with Crippen LogP contribution in [0.3, 0.4) is 0 Å². The van der Waals surface area contributed by atoms with E-state index >= 15 is 0 Å². The molecule has 0 aliphatic heterocycles. The monoisotopic (exact) mass is 397 g/mol. The lowest BCUT2D eigenvalue weighted by molar-refractivity contribution is -0.144. The van der Waals surface area contributed by atoms with Crippen molar-refractivity contribution in [3.05, 3.63) is 12.7 Å². The van der Waals surface area contributed by atoms with Gasteiger partial charge in [0.25, 0.3) is 0 Å². The fourth-order valence-corrected chi connectivity index (χ4v) is 3.13. The molecule has 6 heteroatoms. The molecule has 1 amide bonds. The van der Waals surface area contributed by atoms with Gasteiger partial charge in [-0.1, -0.05) is 51.5 Å². The van der Waals surface area contributed by atoms with Gasteiger partial charge in [0.15, 0.2) is 0 Å². The van der Waals surface area contributed by atoms with E-state index in [1.54, 1.807) is 0 Å². The quantitative estimate of drug-likeness (QED) is 0.195.